The lowest BCUT2D eigenvalue weighted by molar-refractivity contribution is 0.251. The molecule has 0 N–H and O–H groups in total. The highest BCUT2D eigenvalue weighted by molar-refractivity contribution is 6.44. The Kier molecular flexibility index (Phi) is 3.26. The number of hydrogen-bond acceptors (Lipinski definition) is 3. The second kappa shape index (κ2) is 4.31. The molecule has 1 saturated carbocycles. The van der Waals surface area contributed by atoms with E-state index in [4.69, 9.17) is 13.6 Å². The van der Waals surface area contributed by atoms with Crippen molar-refractivity contribution in [2.45, 2.75) is 49.9 Å². The maximum absolute atomic E-state index is 5.82. The van der Waals surface area contributed by atoms with Crippen LogP contribution in [0.1, 0.15) is 32.1 Å². The SMILES string of the molecule is CO[SiH](CCC12CCCCC1O2)OC. The quantitative estimate of drug-likeness (QED) is 0.517. The van der Waals surface area contributed by atoms with Crippen molar-refractivity contribution in [1.82, 2.24) is 0 Å². The molecular weight excluding hydrogens is 196 g/mol. The van der Waals surface area contributed by atoms with Gasteiger partial charge in [-0.3, -0.25) is 0 Å². The molecule has 82 valence electrons. The molecule has 3 nitrogen and oxygen atoms in total. The van der Waals surface area contributed by atoms with Crippen LogP contribution in [0, 0.1) is 0 Å². The second-order valence-corrected chi connectivity index (χ2v) is 6.74. The van der Waals surface area contributed by atoms with Crippen molar-refractivity contribution in [3.05, 3.63) is 0 Å². The Morgan fingerprint density at radius 3 is 2.79 bits per heavy atom. The van der Waals surface area contributed by atoms with Crippen LogP contribution in [-0.4, -0.2) is 35.2 Å². The van der Waals surface area contributed by atoms with E-state index in [1.807, 2.05) is 0 Å². The molecule has 0 spiro atoms. The summed E-state index contributed by atoms with van der Waals surface area (Å²) in [5.41, 5.74) is 0.251. The van der Waals surface area contributed by atoms with Gasteiger partial charge in [-0.1, -0.05) is 12.8 Å². The van der Waals surface area contributed by atoms with Gasteiger partial charge in [0.15, 0.2) is 0 Å². The number of fused-ring (bicyclic) bond motifs is 1. The largest absolute Gasteiger partial charge is 0.400 e. The van der Waals surface area contributed by atoms with E-state index in [-0.39, 0.29) is 5.60 Å². The predicted octanol–water partition coefficient (Wildman–Crippen LogP) is 1.60. The minimum absolute atomic E-state index is 0.251. The van der Waals surface area contributed by atoms with Crippen LogP contribution in [0.25, 0.3) is 0 Å². The van der Waals surface area contributed by atoms with Crippen molar-refractivity contribution in [3.8, 4) is 0 Å². The smallest absolute Gasteiger partial charge is 0.320 e. The third kappa shape index (κ3) is 2.03. The molecule has 2 aliphatic rings. The van der Waals surface area contributed by atoms with Gasteiger partial charge in [0.05, 0.1) is 11.7 Å². The van der Waals surface area contributed by atoms with Crippen LogP contribution in [0.3, 0.4) is 0 Å². The maximum Gasteiger partial charge on any atom is 0.320 e. The van der Waals surface area contributed by atoms with Gasteiger partial charge < -0.3 is 13.6 Å². The van der Waals surface area contributed by atoms with Crippen molar-refractivity contribution >= 4 is 9.28 Å². The van der Waals surface area contributed by atoms with Gasteiger partial charge >= 0.3 is 9.28 Å². The molecule has 0 aromatic rings. The van der Waals surface area contributed by atoms with Gasteiger partial charge in [-0.05, 0) is 25.3 Å². The number of epoxide rings is 1. The third-order valence-corrected chi connectivity index (χ3v) is 5.36. The van der Waals surface area contributed by atoms with Gasteiger partial charge in [-0.2, -0.15) is 0 Å². The molecule has 0 radical (unpaired) electrons. The van der Waals surface area contributed by atoms with E-state index in [9.17, 15) is 0 Å². The predicted molar refractivity (Wildman–Crippen MR) is 56.7 cm³/mol. The molecule has 2 fully saturated rings. The van der Waals surface area contributed by atoms with E-state index < -0.39 is 9.28 Å². The molecular formula is C10H20O3Si. The Bertz CT molecular complexity index is 196. The van der Waals surface area contributed by atoms with E-state index in [1.54, 1.807) is 14.2 Å². The molecule has 4 heteroatoms. The summed E-state index contributed by atoms with van der Waals surface area (Å²) < 4.78 is 16.4. The van der Waals surface area contributed by atoms with Crippen LogP contribution >= 0.6 is 0 Å². The number of hydrogen-bond donors (Lipinski definition) is 0. The second-order valence-electron chi connectivity index (χ2n) is 4.36. The Labute approximate surface area is 87.6 Å². The minimum Gasteiger partial charge on any atom is -0.400 e. The third-order valence-electron chi connectivity index (χ3n) is 3.55. The highest BCUT2D eigenvalue weighted by Crippen LogP contribution is 2.50. The molecule has 0 aromatic heterocycles. The van der Waals surface area contributed by atoms with Crippen molar-refractivity contribution < 1.29 is 13.6 Å². The van der Waals surface area contributed by atoms with E-state index >= 15 is 0 Å². The molecule has 1 heterocycles. The first-order valence-electron chi connectivity index (χ1n) is 5.54. The van der Waals surface area contributed by atoms with E-state index in [0.29, 0.717) is 6.10 Å². The summed E-state index contributed by atoms with van der Waals surface area (Å²) in [6.45, 7) is 0. The Hall–Kier alpha value is 0.0969. The average Bonchev–Trinajstić information content (AvgIpc) is 2.94. The molecule has 1 aliphatic carbocycles. The normalized spacial score (nSPS) is 35.8. The topological polar surface area (TPSA) is 31.0 Å². The zero-order valence-corrected chi connectivity index (χ0v) is 10.3. The lowest BCUT2D eigenvalue weighted by Gasteiger charge is -2.18. The zero-order chi connectivity index (χ0) is 10.0. The summed E-state index contributed by atoms with van der Waals surface area (Å²) in [6.07, 6.45) is 6.93. The van der Waals surface area contributed by atoms with Crippen LogP contribution in [-0.2, 0) is 13.6 Å². The molecule has 14 heavy (non-hydrogen) atoms. The van der Waals surface area contributed by atoms with Crippen LogP contribution in [0.4, 0.5) is 0 Å². The fourth-order valence-corrected chi connectivity index (χ4v) is 3.97. The van der Waals surface area contributed by atoms with Gasteiger partial charge in [0.25, 0.3) is 0 Å². The molecule has 1 aliphatic heterocycles. The van der Waals surface area contributed by atoms with E-state index in [0.717, 1.165) is 12.5 Å². The number of rotatable bonds is 5. The summed E-state index contributed by atoms with van der Waals surface area (Å²) in [6, 6.07) is 1.09. The van der Waals surface area contributed by atoms with Gasteiger partial charge in [-0.15, -0.1) is 0 Å². The summed E-state index contributed by atoms with van der Waals surface area (Å²) >= 11 is 0. The molecule has 0 bridgehead atoms. The summed E-state index contributed by atoms with van der Waals surface area (Å²) in [5, 5.41) is 0. The molecule has 2 unspecified atom stereocenters. The van der Waals surface area contributed by atoms with E-state index in [2.05, 4.69) is 0 Å². The summed E-state index contributed by atoms with van der Waals surface area (Å²) in [4.78, 5) is 0. The van der Waals surface area contributed by atoms with Crippen LogP contribution in [0.5, 0.6) is 0 Å². The van der Waals surface area contributed by atoms with Crippen molar-refractivity contribution in [2.75, 3.05) is 14.2 Å². The highest BCUT2D eigenvalue weighted by atomic mass is 28.3. The van der Waals surface area contributed by atoms with Crippen LogP contribution in [0.15, 0.2) is 0 Å². The maximum atomic E-state index is 5.82. The Balaban J connectivity index is 1.75. The first-order valence-corrected chi connectivity index (χ1v) is 7.30. The molecule has 2 atom stereocenters. The van der Waals surface area contributed by atoms with Crippen LogP contribution in [0.2, 0.25) is 6.04 Å². The van der Waals surface area contributed by atoms with Crippen molar-refractivity contribution in [3.63, 3.8) is 0 Å². The zero-order valence-electron chi connectivity index (χ0n) is 9.12. The van der Waals surface area contributed by atoms with Gasteiger partial charge in [0, 0.05) is 14.2 Å². The molecule has 0 amide bonds. The fraction of sp³-hybridized carbons (Fsp3) is 1.00. The van der Waals surface area contributed by atoms with Crippen molar-refractivity contribution in [1.29, 1.82) is 0 Å². The van der Waals surface area contributed by atoms with Gasteiger partial charge in [0.2, 0.25) is 0 Å². The van der Waals surface area contributed by atoms with E-state index in [1.165, 1.54) is 25.7 Å². The molecule has 2 rings (SSSR count). The monoisotopic (exact) mass is 216 g/mol. The number of ether oxygens (including phenoxy) is 1. The first kappa shape index (κ1) is 10.6. The van der Waals surface area contributed by atoms with Gasteiger partial charge in [0.1, 0.15) is 0 Å². The Morgan fingerprint density at radius 2 is 2.14 bits per heavy atom. The summed E-state index contributed by atoms with van der Waals surface area (Å²) in [7, 11) is 2.15. The van der Waals surface area contributed by atoms with Crippen LogP contribution < -0.4 is 0 Å². The van der Waals surface area contributed by atoms with Crippen molar-refractivity contribution in [2.24, 2.45) is 0 Å². The van der Waals surface area contributed by atoms with Gasteiger partial charge in [-0.25, -0.2) is 0 Å². The average molecular weight is 216 g/mol. The standard InChI is InChI=1S/C10H20O3Si/c1-11-14(12-2)8-7-10-6-4-3-5-9(10)13-10/h9,14H,3-8H2,1-2H3. The lowest BCUT2D eigenvalue weighted by atomic mass is 9.87. The lowest BCUT2D eigenvalue weighted by Crippen LogP contribution is -2.25. The Morgan fingerprint density at radius 1 is 1.36 bits per heavy atom. The summed E-state index contributed by atoms with van der Waals surface area (Å²) in [5.74, 6) is 0. The molecule has 1 saturated heterocycles. The molecule has 0 aromatic carbocycles. The minimum atomic E-state index is -1.36. The highest BCUT2D eigenvalue weighted by Gasteiger charge is 2.56. The first-order chi connectivity index (χ1) is 6.80. The fourth-order valence-electron chi connectivity index (χ4n) is 2.58.